The number of hydrogen-bond acceptors (Lipinski definition) is 6. The van der Waals surface area contributed by atoms with Gasteiger partial charge in [0.15, 0.2) is 5.75 Å². The normalized spacial score (nSPS) is 11.1. The molecule has 9 nitrogen and oxygen atoms in total. The van der Waals surface area contributed by atoms with E-state index in [9.17, 15) is 23.1 Å². The SMILES string of the molecule is CCc1cc(CC(=O)O)c(CC)c(NS(=O)(=O)c2cccnc2)c1Oc1ccc(C(=O)NCCc2ccc(Cl)cc2)cc1. The van der Waals surface area contributed by atoms with Gasteiger partial charge >= 0.3 is 5.97 Å². The third-order valence-corrected chi connectivity index (χ3v) is 8.35. The van der Waals surface area contributed by atoms with Crippen LogP contribution in [0.4, 0.5) is 5.69 Å². The smallest absolute Gasteiger partial charge is 0.307 e. The number of aliphatic carboxylic acids is 1. The van der Waals surface area contributed by atoms with Crippen LogP contribution in [0.15, 0.2) is 84.0 Å². The average Bonchev–Trinajstić information content (AvgIpc) is 2.99. The minimum atomic E-state index is -4.08. The van der Waals surface area contributed by atoms with Crippen molar-refractivity contribution in [1.82, 2.24) is 10.3 Å². The van der Waals surface area contributed by atoms with Crippen molar-refractivity contribution < 1.29 is 27.9 Å². The molecule has 1 aromatic heterocycles. The zero-order valence-electron chi connectivity index (χ0n) is 23.8. The highest BCUT2D eigenvalue weighted by molar-refractivity contribution is 7.92. The van der Waals surface area contributed by atoms with E-state index in [4.69, 9.17) is 16.3 Å². The number of rotatable bonds is 13. The molecule has 0 bridgehead atoms. The van der Waals surface area contributed by atoms with Gasteiger partial charge in [-0.3, -0.25) is 19.3 Å². The number of aromatic nitrogens is 1. The number of amides is 1. The summed E-state index contributed by atoms with van der Waals surface area (Å²) >= 11 is 5.93. The van der Waals surface area contributed by atoms with Gasteiger partial charge in [-0.2, -0.15) is 0 Å². The van der Waals surface area contributed by atoms with E-state index in [-0.39, 0.29) is 28.7 Å². The molecule has 3 N–H and O–H groups in total. The lowest BCUT2D eigenvalue weighted by molar-refractivity contribution is -0.136. The van der Waals surface area contributed by atoms with Crippen LogP contribution in [-0.2, 0) is 40.5 Å². The topological polar surface area (TPSA) is 135 Å². The standard InChI is InChI=1S/C32H32ClN3O6S/c1-3-22-18-24(19-29(37)38)28(4-2)30(36-43(40,41)27-6-5-16-34-20-27)31(22)42-26-13-9-23(10-14-26)32(39)35-17-15-21-7-11-25(33)12-8-21/h5-14,16,18,20,36H,3-4,15,17,19H2,1-2H3,(H,35,39)(H,37,38). The second kappa shape index (κ2) is 14.2. The molecule has 43 heavy (non-hydrogen) atoms. The Morgan fingerprint density at radius 3 is 2.30 bits per heavy atom. The number of benzene rings is 3. The van der Waals surface area contributed by atoms with Gasteiger partial charge in [0.2, 0.25) is 0 Å². The number of aryl methyl sites for hydroxylation is 1. The van der Waals surface area contributed by atoms with Crippen LogP contribution in [0.2, 0.25) is 5.02 Å². The number of sulfonamides is 1. The number of carboxylic acid groups (broad SMARTS) is 1. The highest BCUT2D eigenvalue weighted by atomic mass is 35.5. The molecule has 0 atom stereocenters. The second-order valence-corrected chi connectivity index (χ2v) is 11.8. The monoisotopic (exact) mass is 621 g/mol. The van der Waals surface area contributed by atoms with E-state index < -0.39 is 16.0 Å². The molecule has 0 aliphatic rings. The van der Waals surface area contributed by atoms with Crippen molar-refractivity contribution in [2.75, 3.05) is 11.3 Å². The lowest BCUT2D eigenvalue weighted by Gasteiger charge is -2.22. The number of hydrogen-bond donors (Lipinski definition) is 3. The summed E-state index contributed by atoms with van der Waals surface area (Å²) in [6, 6.07) is 18.6. The van der Waals surface area contributed by atoms with E-state index >= 15 is 0 Å². The molecule has 3 aromatic carbocycles. The Kier molecular flexibility index (Phi) is 10.4. The van der Waals surface area contributed by atoms with Crippen LogP contribution in [0, 0.1) is 0 Å². The summed E-state index contributed by atoms with van der Waals surface area (Å²) in [5, 5.41) is 13.1. The van der Waals surface area contributed by atoms with E-state index in [2.05, 4.69) is 15.0 Å². The Bertz CT molecular complexity index is 1690. The molecule has 11 heteroatoms. The molecule has 4 rings (SSSR count). The minimum absolute atomic E-state index is 0.0453. The maximum atomic E-state index is 13.3. The number of ether oxygens (including phenoxy) is 1. The summed E-state index contributed by atoms with van der Waals surface area (Å²) in [6.45, 7) is 4.13. The Labute approximate surface area is 256 Å². The van der Waals surface area contributed by atoms with Gasteiger partial charge in [0, 0.05) is 29.5 Å². The van der Waals surface area contributed by atoms with Gasteiger partial charge in [-0.25, -0.2) is 8.42 Å². The van der Waals surface area contributed by atoms with E-state index in [1.54, 1.807) is 42.5 Å². The number of pyridine rings is 1. The van der Waals surface area contributed by atoms with E-state index in [0.29, 0.717) is 58.8 Å². The minimum Gasteiger partial charge on any atom is -0.481 e. The number of nitrogens with one attached hydrogen (secondary N) is 2. The zero-order valence-corrected chi connectivity index (χ0v) is 25.3. The first-order chi connectivity index (χ1) is 20.6. The molecule has 0 radical (unpaired) electrons. The fraction of sp³-hybridized carbons (Fsp3) is 0.219. The number of anilines is 1. The van der Waals surface area contributed by atoms with Crippen LogP contribution in [-0.4, -0.2) is 36.9 Å². The Morgan fingerprint density at radius 1 is 0.977 bits per heavy atom. The number of carbonyl (C=O) groups excluding carboxylic acids is 1. The maximum absolute atomic E-state index is 13.3. The van der Waals surface area contributed by atoms with E-state index in [0.717, 1.165) is 5.56 Å². The quantitative estimate of drug-likeness (QED) is 0.165. The summed E-state index contributed by atoms with van der Waals surface area (Å²) in [5.74, 6) is -0.636. The number of carbonyl (C=O) groups is 2. The van der Waals surface area contributed by atoms with E-state index in [1.807, 2.05) is 26.0 Å². The maximum Gasteiger partial charge on any atom is 0.307 e. The Morgan fingerprint density at radius 2 is 1.70 bits per heavy atom. The van der Waals surface area contributed by atoms with Crippen LogP contribution in [0.25, 0.3) is 0 Å². The highest BCUT2D eigenvalue weighted by Crippen LogP contribution is 2.40. The molecule has 0 unspecified atom stereocenters. The molecule has 4 aromatic rings. The van der Waals surface area contributed by atoms with Crippen molar-refractivity contribution in [2.45, 2.75) is 44.4 Å². The van der Waals surface area contributed by atoms with Crippen molar-refractivity contribution in [2.24, 2.45) is 0 Å². The molecule has 1 heterocycles. The largest absolute Gasteiger partial charge is 0.481 e. The number of halogens is 1. The fourth-order valence-corrected chi connectivity index (χ4v) is 5.78. The molecular formula is C32H32ClN3O6S. The van der Waals surface area contributed by atoms with Crippen molar-refractivity contribution in [3.8, 4) is 11.5 Å². The summed E-state index contributed by atoms with van der Waals surface area (Å²) < 4.78 is 35.6. The zero-order chi connectivity index (χ0) is 31.0. The van der Waals surface area contributed by atoms with Crippen LogP contribution < -0.4 is 14.8 Å². The van der Waals surface area contributed by atoms with Gasteiger partial charge < -0.3 is 15.2 Å². The van der Waals surface area contributed by atoms with Gasteiger partial charge in [-0.05, 0) is 90.0 Å². The van der Waals surface area contributed by atoms with Crippen molar-refractivity contribution in [1.29, 1.82) is 0 Å². The van der Waals surface area contributed by atoms with Crippen LogP contribution in [0.5, 0.6) is 11.5 Å². The molecule has 0 aliphatic heterocycles. The Hall–Kier alpha value is -4.41. The predicted octanol–water partition coefficient (Wildman–Crippen LogP) is 6.05. The summed E-state index contributed by atoms with van der Waals surface area (Å²) in [6.07, 6.45) is 3.87. The lowest BCUT2D eigenvalue weighted by atomic mass is 9.95. The number of nitrogens with zero attached hydrogens (tertiary/aromatic N) is 1. The molecular weight excluding hydrogens is 590 g/mol. The molecule has 0 aliphatic carbocycles. The van der Waals surface area contributed by atoms with Gasteiger partial charge in [0.25, 0.3) is 15.9 Å². The first kappa shape index (κ1) is 31.5. The third kappa shape index (κ3) is 8.12. The number of carboxylic acids is 1. The van der Waals surface area contributed by atoms with Crippen LogP contribution in [0.1, 0.15) is 46.5 Å². The van der Waals surface area contributed by atoms with E-state index in [1.165, 1.54) is 24.5 Å². The van der Waals surface area contributed by atoms with Gasteiger partial charge in [0.05, 0.1) is 12.1 Å². The highest BCUT2D eigenvalue weighted by Gasteiger charge is 2.25. The van der Waals surface area contributed by atoms with Crippen LogP contribution >= 0.6 is 11.6 Å². The summed E-state index contributed by atoms with van der Waals surface area (Å²) in [7, 11) is -4.08. The molecule has 224 valence electrons. The van der Waals surface area contributed by atoms with Crippen LogP contribution in [0.3, 0.4) is 0 Å². The Balaban J connectivity index is 1.61. The van der Waals surface area contributed by atoms with Crippen molar-refractivity contribution >= 4 is 39.2 Å². The lowest BCUT2D eigenvalue weighted by Crippen LogP contribution is -2.25. The van der Waals surface area contributed by atoms with Gasteiger partial charge in [0.1, 0.15) is 10.6 Å². The fourth-order valence-electron chi connectivity index (χ4n) is 4.60. The van der Waals surface area contributed by atoms with Crippen molar-refractivity contribution in [3.63, 3.8) is 0 Å². The molecule has 0 spiro atoms. The first-order valence-electron chi connectivity index (χ1n) is 13.7. The molecule has 1 amide bonds. The molecule has 0 fully saturated rings. The summed E-state index contributed by atoms with van der Waals surface area (Å²) in [5.41, 5.74) is 3.29. The first-order valence-corrected chi connectivity index (χ1v) is 15.6. The van der Waals surface area contributed by atoms with Crippen molar-refractivity contribution in [3.05, 3.63) is 112 Å². The molecule has 0 saturated carbocycles. The summed E-state index contributed by atoms with van der Waals surface area (Å²) in [4.78, 5) is 28.2. The average molecular weight is 622 g/mol. The van der Waals surface area contributed by atoms with Gasteiger partial charge in [-0.1, -0.05) is 43.6 Å². The molecule has 0 saturated heterocycles. The second-order valence-electron chi connectivity index (χ2n) is 9.71. The predicted molar refractivity (Wildman–Crippen MR) is 166 cm³/mol. The third-order valence-electron chi connectivity index (χ3n) is 6.76. The van der Waals surface area contributed by atoms with Gasteiger partial charge in [-0.15, -0.1) is 0 Å².